The Balaban J connectivity index is 3.48. The number of sulfonamides is 1. The lowest BCUT2D eigenvalue weighted by atomic mass is 10.3. The van der Waals surface area contributed by atoms with Gasteiger partial charge in [0.2, 0.25) is 10.0 Å². The first-order chi connectivity index (χ1) is 10.8. The molecular weight excluding hydrogens is 379 g/mol. The van der Waals surface area contributed by atoms with Crippen LogP contribution in [-0.4, -0.2) is 46.6 Å². The molecule has 0 heterocycles. The van der Waals surface area contributed by atoms with Gasteiger partial charge in [-0.1, -0.05) is 0 Å². The van der Waals surface area contributed by atoms with Crippen LogP contribution in [0.5, 0.6) is 0 Å². The number of sulfone groups is 1. The third-order valence-corrected chi connectivity index (χ3v) is 4.96. The van der Waals surface area contributed by atoms with Crippen LogP contribution in [0.1, 0.15) is 0 Å². The highest BCUT2D eigenvalue weighted by Gasteiger charge is 2.48. The van der Waals surface area contributed by atoms with Gasteiger partial charge < -0.3 is 15.7 Å². The van der Waals surface area contributed by atoms with Gasteiger partial charge in [-0.3, -0.25) is 0 Å². The highest BCUT2D eigenvalue weighted by atomic mass is 32.2. The van der Waals surface area contributed by atoms with E-state index in [1.807, 2.05) is 10.6 Å². The highest BCUT2D eigenvalue weighted by molar-refractivity contribution is 7.92. The van der Waals surface area contributed by atoms with Crippen molar-refractivity contribution in [3.63, 3.8) is 0 Å². The lowest BCUT2D eigenvalue weighted by molar-refractivity contribution is -0.0435. The Labute approximate surface area is 134 Å². The van der Waals surface area contributed by atoms with Gasteiger partial charge >= 0.3 is 11.5 Å². The van der Waals surface area contributed by atoms with Crippen molar-refractivity contribution in [2.24, 2.45) is 5.14 Å². The van der Waals surface area contributed by atoms with Gasteiger partial charge in [-0.2, -0.15) is 13.2 Å². The molecule has 0 bridgehead atoms. The average molecular weight is 391 g/mol. The molecule has 0 aromatic heterocycles. The molecule has 0 radical (unpaired) electrons. The van der Waals surface area contributed by atoms with E-state index in [0.717, 1.165) is 6.07 Å². The second-order valence-electron chi connectivity index (χ2n) is 4.26. The number of hydrogen-bond donors (Lipinski definition) is 4. The predicted octanol–water partition coefficient (Wildman–Crippen LogP) is -0.259. The van der Waals surface area contributed by atoms with Crippen LogP contribution < -0.4 is 15.8 Å². The third-order valence-electron chi connectivity index (χ3n) is 2.52. The maximum Gasteiger partial charge on any atom is 0.501 e. The maximum absolute atomic E-state index is 12.7. The first kappa shape index (κ1) is 20.1. The molecule has 9 nitrogen and oxygen atoms in total. The number of alkyl halides is 3. The minimum absolute atomic E-state index is 0.194. The number of benzene rings is 1. The summed E-state index contributed by atoms with van der Waals surface area (Å²) >= 11 is 0. The molecule has 0 saturated carbocycles. The number of carbonyl (C=O) groups is 1. The SMILES string of the molecule is NS(=O)(=O)c1ccc(NC(=O)NCCO)c(S(=O)(=O)C(F)(F)F)c1. The van der Waals surface area contributed by atoms with E-state index in [9.17, 15) is 34.8 Å². The minimum atomic E-state index is -5.97. The molecule has 2 amide bonds. The molecule has 1 aromatic carbocycles. The minimum Gasteiger partial charge on any atom is -0.395 e. The molecule has 0 spiro atoms. The zero-order chi connectivity index (χ0) is 18.8. The Morgan fingerprint density at radius 2 is 1.79 bits per heavy atom. The number of rotatable bonds is 5. The van der Waals surface area contributed by atoms with E-state index >= 15 is 0 Å². The van der Waals surface area contributed by atoms with Crippen LogP contribution in [0, 0.1) is 0 Å². The van der Waals surface area contributed by atoms with Gasteiger partial charge in [0.15, 0.2) is 0 Å². The molecule has 0 atom stereocenters. The summed E-state index contributed by atoms with van der Waals surface area (Å²) in [5, 5.41) is 17.1. The molecule has 0 fully saturated rings. The van der Waals surface area contributed by atoms with E-state index in [4.69, 9.17) is 10.2 Å². The van der Waals surface area contributed by atoms with Gasteiger partial charge in [0.05, 0.1) is 17.2 Å². The summed E-state index contributed by atoms with van der Waals surface area (Å²) in [7, 11) is -10.5. The molecule has 0 aliphatic carbocycles. The van der Waals surface area contributed by atoms with Gasteiger partial charge in [0, 0.05) is 6.54 Å². The van der Waals surface area contributed by atoms with Crippen LogP contribution in [0.15, 0.2) is 28.0 Å². The van der Waals surface area contributed by atoms with Crippen LogP contribution in [0.3, 0.4) is 0 Å². The molecule has 1 aromatic rings. The maximum atomic E-state index is 12.7. The monoisotopic (exact) mass is 391 g/mol. The Morgan fingerprint density at radius 1 is 1.21 bits per heavy atom. The molecule has 136 valence electrons. The molecule has 1 rings (SSSR count). The fourth-order valence-electron chi connectivity index (χ4n) is 1.47. The van der Waals surface area contributed by atoms with Gasteiger partial charge in [-0.25, -0.2) is 26.8 Å². The summed E-state index contributed by atoms with van der Waals surface area (Å²) in [5.74, 6) is 0. The molecule has 5 N–H and O–H groups in total. The standard InChI is InChI=1S/C10H12F3N3O6S2/c11-10(12,13)23(19,20)8-5-6(24(14,21)22)1-2-7(8)16-9(18)15-3-4-17/h1-2,5,17H,3-4H2,(H2,14,21,22)(H2,15,16,18). The average Bonchev–Trinajstić information content (AvgIpc) is 2.42. The number of primary sulfonamides is 1. The predicted molar refractivity (Wildman–Crippen MR) is 75.2 cm³/mol. The van der Waals surface area contributed by atoms with Gasteiger partial charge in [0.1, 0.15) is 4.90 Å². The summed E-state index contributed by atoms with van der Waals surface area (Å²) in [6.07, 6.45) is 0. The van der Waals surface area contributed by atoms with Crippen LogP contribution in [0.25, 0.3) is 0 Å². The quantitative estimate of drug-likeness (QED) is 0.542. The first-order valence-electron chi connectivity index (χ1n) is 5.94. The first-order valence-corrected chi connectivity index (χ1v) is 8.97. The van der Waals surface area contributed by atoms with Crippen LogP contribution in [-0.2, 0) is 19.9 Å². The summed E-state index contributed by atoms with van der Waals surface area (Å²) < 4.78 is 83.8. The van der Waals surface area contributed by atoms with Crippen LogP contribution >= 0.6 is 0 Å². The van der Waals surface area contributed by atoms with Crippen molar-refractivity contribution in [2.45, 2.75) is 15.3 Å². The Bertz CT molecular complexity index is 836. The number of nitrogens with one attached hydrogen (secondary N) is 2. The number of hydrogen-bond acceptors (Lipinski definition) is 6. The Hall–Kier alpha value is -1.90. The van der Waals surface area contributed by atoms with Crippen molar-refractivity contribution >= 4 is 31.6 Å². The number of nitrogens with two attached hydrogens (primary N) is 1. The van der Waals surface area contributed by atoms with Gasteiger partial charge in [-0.05, 0) is 18.2 Å². The van der Waals surface area contributed by atoms with Crippen molar-refractivity contribution < 1.29 is 39.9 Å². The second kappa shape index (κ2) is 6.92. The zero-order valence-corrected chi connectivity index (χ0v) is 13.3. The molecule has 24 heavy (non-hydrogen) atoms. The molecule has 0 aliphatic heterocycles. The number of aliphatic hydroxyl groups is 1. The summed E-state index contributed by atoms with van der Waals surface area (Å²) in [6.45, 7) is -0.714. The van der Waals surface area contributed by atoms with Crippen molar-refractivity contribution in [2.75, 3.05) is 18.5 Å². The molecule has 0 unspecified atom stereocenters. The summed E-state index contributed by atoms with van der Waals surface area (Å²) in [5.41, 5.74) is -6.54. The smallest absolute Gasteiger partial charge is 0.395 e. The summed E-state index contributed by atoms with van der Waals surface area (Å²) in [4.78, 5) is 9.06. The fourth-order valence-corrected chi connectivity index (χ4v) is 3.02. The number of carbonyl (C=O) groups excluding carboxylic acids is 1. The number of aliphatic hydroxyl groups excluding tert-OH is 1. The van der Waals surface area contributed by atoms with Crippen molar-refractivity contribution in [3.8, 4) is 0 Å². The van der Waals surface area contributed by atoms with Crippen molar-refractivity contribution in [1.82, 2.24) is 5.32 Å². The number of halogens is 3. The molecular formula is C10H12F3N3O6S2. The van der Waals surface area contributed by atoms with E-state index in [-0.39, 0.29) is 12.6 Å². The second-order valence-corrected chi connectivity index (χ2v) is 7.73. The fraction of sp³-hybridized carbons (Fsp3) is 0.300. The van der Waals surface area contributed by atoms with E-state index < -0.39 is 53.5 Å². The molecule has 14 heteroatoms. The van der Waals surface area contributed by atoms with Gasteiger partial charge in [0.25, 0.3) is 9.84 Å². The normalized spacial score (nSPS) is 12.7. The van der Waals surface area contributed by atoms with E-state index in [2.05, 4.69) is 0 Å². The van der Waals surface area contributed by atoms with Crippen molar-refractivity contribution in [3.05, 3.63) is 18.2 Å². The van der Waals surface area contributed by atoms with E-state index in [1.54, 1.807) is 0 Å². The third kappa shape index (κ3) is 4.56. The van der Waals surface area contributed by atoms with Crippen LogP contribution in [0.4, 0.5) is 23.7 Å². The van der Waals surface area contributed by atoms with E-state index in [1.165, 1.54) is 0 Å². The highest BCUT2D eigenvalue weighted by Crippen LogP contribution is 2.35. The van der Waals surface area contributed by atoms with Crippen molar-refractivity contribution in [1.29, 1.82) is 0 Å². The molecule has 0 saturated heterocycles. The number of urea groups is 1. The Morgan fingerprint density at radius 3 is 2.25 bits per heavy atom. The summed E-state index contributed by atoms with van der Waals surface area (Å²) in [6, 6.07) is 0.467. The van der Waals surface area contributed by atoms with E-state index in [0.29, 0.717) is 6.07 Å². The van der Waals surface area contributed by atoms with Crippen LogP contribution in [0.2, 0.25) is 0 Å². The lowest BCUT2D eigenvalue weighted by Crippen LogP contribution is -2.32. The number of anilines is 1. The van der Waals surface area contributed by atoms with Gasteiger partial charge in [-0.15, -0.1) is 0 Å². The number of amides is 2. The topological polar surface area (TPSA) is 156 Å². The lowest BCUT2D eigenvalue weighted by Gasteiger charge is -2.15. The Kier molecular flexibility index (Phi) is 5.81. The molecule has 0 aliphatic rings. The largest absolute Gasteiger partial charge is 0.501 e. The zero-order valence-electron chi connectivity index (χ0n) is 11.7.